The van der Waals surface area contributed by atoms with Crippen molar-refractivity contribution in [2.24, 2.45) is 0 Å². The van der Waals surface area contributed by atoms with Crippen molar-refractivity contribution >= 4 is 51.4 Å². The molecule has 0 saturated carbocycles. The maximum absolute atomic E-state index is 12.4. The third-order valence-corrected chi connectivity index (χ3v) is 5.52. The smallest absolute Gasteiger partial charge is 0.306 e. The molecule has 1 N–H and O–H groups in total. The molecule has 0 spiro atoms. The van der Waals surface area contributed by atoms with Crippen LogP contribution in [0.4, 0.5) is 0 Å². The third-order valence-electron chi connectivity index (χ3n) is 4.25. The molecule has 2 heterocycles. The number of Topliss-reactive ketones (excluding diaryl/α,β-unsaturated/α-hetero) is 2. The molecule has 1 aromatic carbocycles. The second-order valence-electron chi connectivity index (χ2n) is 6.01. The van der Waals surface area contributed by atoms with Crippen LogP contribution in [0.5, 0.6) is 0 Å². The van der Waals surface area contributed by atoms with Crippen molar-refractivity contribution in [2.45, 2.75) is 26.2 Å². The molecule has 0 amide bonds. The van der Waals surface area contributed by atoms with Crippen LogP contribution in [0, 0.1) is 0 Å². The Morgan fingerprint density at radius 2 is 1.93 bits per heavy atom. The first-order valence-corrected chi connectivity index (χ1v) is 9.75. The van der Waals surface area contributed by atoms with Crippen molar-refractivity contribution in [1.82, 2.24) is 4.98 Å². The normalized spacial score (nSPS) is 10.9. The number of benzene rings is 1. The van der Waals surface area contributed by atoms with Gasteiger partial charge in [-0.1, -0.05) is 36.7 Å². The van der Waals surface area contributed by atoms with E-state index >= 15 is 0 Å². The lowest BCUT2D eigenvalue weighted by molar-refractivity contribution is -0.142. The number of carbonyl (C=O) groups excluding carboxylic acids is 3. The molecular formula is C20H18ClNO4S. The highest BCUT2D eigenvalue weighted by Gasteiger charge is 2.17. The van der Waals surface area contributed by atoms with E-state index in [0.29, 0.717) is 14.8 Å². The van der Waals surface area contributed by atoms with Gasteiger partial charge in [-0.3, -0.25) is 14.4 Å². The number of ketones is 2. The summed E-state index contributed by atoms with van der Waals surface area (Å²) in [7, 11) is 0. The molecule has 27 heavy (non-hydrogen) atoms. The van der Waals surface area contributed by atoms with Crippen LogP contribution in [0.15, 0.2) is 36.5 Å². The number of carbonyl (C=O) groups is 3. The average Bonchev–Trinajstić information content (AvgIpc) is 3.30. The molecule has 7 heteroatoms. The lowest BCUT2D eigenvalue weighted by Crippen LogP contribution is -2.14. The number of aryl methyl sites for hydroxylation is 1. The minimum Gasteiger partial charge on any atom is -0.457 e. The molecule has 0 aliphatic heterocycles. The minimum absolute atomic E-state index is 0.0246. The summed E-state index contributed by atoms with van der Waals surface area (Å²) >= 11 is 6.97. The van der Waals surface area contributed by atoms with E-state index in [4.69, 9.17) is 16.3 Å². The van der Waals surface area contributed by atoms with Crippen LogP contribution in [-0.2, 0) is 16.0 Å². The van der Waals surface area contributed by atoms with Crippen LogP contribution in [0.3, 0.4) is 0 Å². The number of halogens is 1. The van der Waals surface area contributed by atoms with E-state index in [-0.39, 0.29) is 31.0 Å². The first-order chi connectivity index (χ1) is 13.0. The Bertz CT molecular complexity index is 1000. The molecule has 0 aliphatic rings. The summed E-state index contributed by atoms with van der Waals surface area (Å²) in [5, 5.41) is 0.820. The standard InChI is InChI=1S/C20H18ClNO4S/c1-2-12-4-3-5-13-14(10-22-20(12)13)16(24)11-26-19(25)9-6-15(23)17-7-8-18(21)27-17/h3-5,7-8,10,22H,2,6,9,11H2,1H3. The maximum atomic E-state index is 12.4. The molecule has 140 valence electrons. The molecule has 0 fully saturated rings. The molecule has 2 aromatic heterocycles. The van der Waals surface area contributed by atoms with Crippen LogP contribution in [0.25, 0.3) is 10.9 Å². The van der Waals surface area contributed by atoms with Gasteiger partial charge in [-0.2, -0.15) is 0 Å². The Morgan fingerprint density at radius 1 is 1.11 bits per heavy atom. The number of fused-ring (bicyclic) bond motifs is 1. The molecule has 5 nitrogen and oxygen atoms in total. The first-order valence-electron chi connectivity index (χ1n) is 8.56. The number of H-pyrrole nitrogens is 1. The predicted molar refractivity (Wildman–Crippen MR) is 106 cm³/mol. The molecule has 0 bridgehead atoms. The average molecular weight is 404 g/mol. The number of aromatic nitrogens is 1. The number of thiophene rings is 1. The Morgan fingerprint density at radius 3 is 2.63 bits per heavy atom. The summed E-state index contributed by atoms with van der Waals surface area (Å²) in [5.41, 5.74) is 2.54. The number of rotatable bonds is 8. The van der Waals surface area contributed by atoms with Crippen molar-refractivity contribution in [3.8, 4) is 0 Å². The van der Waals surface area contributed by atoms with E-state index < -0.39 is 5.97 Å². The van der Waals surface area contributed by atoms with E-state index in [2.05, 4.69) is 4.98 Å². The van der Waals surface area contributed by atoms with Crippen LogP contribution in [0.2, 0.25) is 4.34 Å². The molecule has 0 aliphatic carbocycles. The number of aromatic amines is 1. The highest BCUT2D eigenvalue weighted by molar-refractivity contribution is 7.18. The number of hydrogen-bond acceptors (Lipinski definition) is 5. The largest absolute Gasteiger partial charge is 0.457 e. The van der Waals surface area contributed by atoms with Gasteiger partial charge in [0.2, 0.25) is 5.78 Å². The lowest BCUT2D eigenvalue weighted by atomic mass is 10.1. The van der Waals surface area contributed by atoms with Gasteiger partial charge in [0.25, 0.3) is 0 Å². The summed E-state index contributed by atoms with van der Waals surface area (Å²) in [6.07, 6.45) is 2.44. The molecule has 3 rings (SSSR count). The Kier molecular flexibility index (Phi) is 6.08. The van der Waals surface area contributed by atoms with Crippen LogP contribution < -0.4 is 0 Å². The fourth-order valence-electron chi connectivity index (χ4n) is 2.84. The van der Waals surface area contributed by atoms with Gasteiger partial charge < -0.3 is 9.72 Å². The minimum atomic E-state index is -0.576. The van der Waals surface area contributed by atoms with Gasteiger partial charge in [-0.25, -0.2) is 0 Å². The highest BCUT2D eigenvalue weighted by Crippen LogP contribution is 2.24. The highest BCUT2D eigenvalue weighted by atomic mass is 35.5. The molecule has 0 radical (unpaired) electrons. The van der Waals surface area contributed by atoms with Crippen LogP contribution >= 0.6 is 22.9 Å². The summed E-state index contributed by atoms with van der Waals surface area (Å²) in [6, 6.07) is 9.05. The number of para-hydroxylation sites is 1. The Hall–Kier alpha value is -2.44. The van der Waals surface area contributed by atoms with E-state index in [1.54, 1.807) is 18.3 Å². The predicted octanol–water partition coefficient (Wildman–Crippen LogP) is 4.83. The first kappa shape index (κ1) is 19.3. The Labute approximate surface area is 165 Å². The van der Waals surface area contributed by atoms with Crippen molar-refractivity contribution in [1.29, 1.82) is 0 Å². The second-order valence-corrected chi connectivity index (χ2v) is 7.72. The van der Waals surface area contributed by atoms with E-state index in [1.165, 1.54) is 11.3 Å². The zero-order valence-corrected chi connectivity index (χ0v) is 16.3. The maximum Gasteiger partial charge on any atom is 0.306 e. The summed E-state index contributed by atoms with van der Waals surface area (Å²) in [6.45, 7) is 1.70. The van der Waals surface area contributed by atoms with Gasteiger partial charge in [-0.15, -0.1) is 11.3 Å². The molecule has 0 atom stereocenters. The van der Waals surface area contributed by atoms with E-state index in [0.717, 1.165) is 22.9 Å². The number of esters is 1. The Balaban J connectivity index is 1.54. The third kappa shape index (κ3) is 4.46. The summed E-state index contributed by atoms with van der Waals surface area (Å²) in [5.74, 6) is -1.02. The van der Waals surface area contributed by atoms with Gasteiger partial charge in [-0.05, 0) is 24.1 Å². The van der Waals surface area contributed by atoms with Gasteiger partial charge in [0, 0.05) is 29.1 Å². The lowest BCUT2D eigenvalue weighted by Gasteiger charge is -2.04. The van der Waals surface area contributed by atoms with Gasteiger partial charge in [0.15, 0.2) is 12.4 Å². The molecule has 3 aromatic rings. The van der Waals surface area contributed by atoms with Crippen LogP contribution in [-0.4, -0.2) is 29.1 Å². The van der Waals surface area contributed by atoms with Gasteiger partial charge >= 0.3 is 5.97 Å². The van der Waals surface area contributed by atoms with E-state index in [1.807, 2.05) is 25.1 Å². The monoisotopic (exact) mass is 403 g/mol. The van der Waals surface area contributed by atoms with Crippen molar-refractivity contribution < 1.29 is 19.1 Å². The molecule has 0 unspecified atom stereocenters. The van der Waals surface area contributed by atoms with Crippen LogP contribution in [0.1, 0.15) is 45.4 Å². The zero-order valence-electron chi connectivity index (χ0n) is 14.7. The van der Waals surface area contributed by atoms with E-state index in [9.17, 15) is 14.4 Å². The SMILES string of the molecule is CCc1cccc2c(C(=O)COC(=O)CCC(=O)c3ccc(Cl)s3)c[nH]c12. The second kappa shape index (κ2) is 8.50. The topological polar surface area (TPSA) is 76.2 Å². The van der Waals surface area contributed by atoms with Gasteiger partial charge in [0.1, 0.15) is 0 Å². The van der Waals surface area contributed by atoms with Crippen molar-refractivity contribution in [3.05, 3.63) is 56.9 Å². The number of ether oxygens (including phenoxy) is 1. The molecule has 0 saturated heterocycles. The zero-order chi connectivity index (χ0) is 19.4. The quantitative estimate of drug-likeness (QED) is 0.431. The van der Waals surface area contributed by atoms with Gasteiger partial charge in [0.05, 0.1) is 15.6 Å². The number of hydrogen-bond donors (Lipinski definition) is 1. The van der Waals surface area contributed by atoms with Crippen molar-refractivity contribution in [3.63, 3.8) is 0 Å². The van der Waals surface area contributed by atoms with Crippen molar-refractivity contribution in [2.75, 3.05) is 6.61 Å². The summed E-state index contributed by atoms with van der Waals surface area (Å²) in [4.78, 5) is 39.9. The molecular weight excluding hydrogens is 386 g/mol. The summed E-state index contributed by atoms with van der Waals surface area (Å²) < 4.78 is 5.57. The fourth-order valence-corrected chi connectivity index (χ4v) is 3.85. The fraction of sp³-hybridized carbons (Fsp3) is 0.250. The number of nitrogens with one attached hydrogen (secondary N) is 1.